The Morgan fingerprint density at radius 1 is 0.914 bits per heavy atom. The molecular formula is C27H27N5O3. The van der Waals surface area contributed by atoms with E-state index in [0.717, 1.165) is 22.5 Å². The van der Waals surface area contributed by atoms with Crippen LogP contribution in [0.1, 0.15) is 43.2 Å². The molecule has 0 aliphatic carbocycles. The van der Waals surface area contributed by atoms with Gasteiger partial charge in [0, 0.05) is 30.4 Å². The fraction of sp³-hybridized carbons (Fsp3) is 0.185. The summed E-state index contributed by atoms with van der Waals surface area (Å²) in [7, 11) is 1.61. The maximum absolute atomic E-state index is 12.9. The zero-order valence-electron chi connectivity index (χ0n) is 19.9. The number of hydrogen-bond acceptors (Lipinski definition) is 5. The van der Waals surface area contributed by atoms with Gasteiger partial charge in [0.1, 0.15) is 6.61 Å². The number of carbonyl (C=O) groups is 2. The predicted molar refractivity (Wildman–Crippen MR) is 134 cm³/mol. The number of amides is 2. The fourth-order valence-electron chi connectivity index (χ4n) is 3.69. The molecule has 8 nitrogen and oxygen atoms in total. The number of pyridine rings is 1. The molecule has 2 heterocycles. The predicted octanol–water partition coefficient (Wildman–Crippen LogP) is 4.13. The second-order valence-electron chi connectivity index (χ2n) is 8.09. The molecule has 2 aromatic heterocycles. The van der Waals surface area contributed by atoms with E-state index in [9.17, 15) is 9.59 Å². The number of hydrogen-bond donors (Lipinski definition) is 2. The van der Waals surface area contributed by atoms with Crippen LogP contribution < -0.4 is 15.4 Å². The number of rotatable bonds is 8. The third-order valence-corrected chi connectivity index (χ3v) is 5.61. The molecule has 0 radical (unpaired) electrons. The Balaban J connectivity index is 1.42. The number of ether oxygens (including phenoxy) is 1. The molecule has 0 aliphatic rings. The molecule has 2 aromatic carbocycles. The zero-order valence-corrected chi connectivity index (χ0v) is 19.9. The largest absolute Gasteiger partial charge is 0.473 e. The lowest BCUT2D eigenvalue weighted by Gasteiger charge is -2.09. The summed E-state index contributed by atoms with van der Waals surface area (Å²) in [6.07, 6.45) is 1.68. The van der Waals surface area contributed by atoms with Gasteiger partial charge in [0.25, 0.3) is 11.8 Å². The number of carbonyl (C=O) groups excluding carboxylic acids is 2. The number of nitrogens with zero attached hydrogens (tertiary/aromatic N) is 3. The maximum Gasteiger partial charge on any atom is 0.255 e. The molecule has 35 heavy (non-hydrogen) atoms. The number of aromatic nitrogens is 3. The third kappa shape index (κ3) is 5.73. The van der Waals surface area contributed by atoms with Gasteiger partial charge in [-0.2, -0.15) is 5.10 Å². The highest BCUT2D eigenvalue weighted by Gasteiger charge is 2.16. The Bertz CT molecular complexity index is 1330. The van der Waals surface area contributed by atoms with Gasteiger partial charge in [-0.15, -0.1) is 0 Å². The minimum absolute atomic E-state index is 0.137. The fourth-order valence-corrected chi connectivity index (χ4v) is 3.69. The lowest BCUT2D eigenvalue weighted by Crippen LogP contribution is -2.18. The quantitative estimate of drug-likeness (QED) is 0.404. The summed E-state index contributed by atoms with van der Waals surface area (Å²) in [6, 6.07) is 20.2. The van der Waals surface area contributed by atoms with Gasteiger partial charge in [-0.05, 0) is 55.3 Å². The first kappa shape index (κ1) is 23.7. The van der Waals surface area contributed by atoms with Crippen LogP contribution in [0.5, 0.6) is 5.88 Å². The highest BCUT2D eigenvalue weighted by molar-refractivity contribution is 6.04. The molecule has 0 atom stereocenters. The summed E-state index contributed by atoms with van der Waals surface area (Å²) in [5, 5.41) is 10.2. The summed E-state index contributed by atoms with van der Waals surface area (Å²) >= 11 is 0. The van der Waals surface area contributed by atoms with E-state index in [0.29, 0.717) is 35.8 Å². The van der Waals surface area contributed by atoms with Gasteiger partial charge in [0.05, 0.1) is 23.6 Å². The van der Waals surface area contributed by atoms with Gasteiger partial charge in [-0.1, -0.05) is 30.3 Å². The summed E-state index contributed by atoms with van der Waals surface area (Å²) < 4.78 is 7.48. The molecule has 0 bridgehead atoms. The second-order valence-corrected chi connectivity index (χ2v) is 8.09. The first-order valence-electron chi connectivity index (χ1n) is 11.2. The summed E-state index contributed by atoms with van der Waals surface area (Å²) in [4.78, 5) is 29.0. The SMILES string of the molecule is CNC(=O)c1cccc(Cn2nc(C)c(NC(=O)c3ccc(COc4ccccn4)cc3)c2C)c1. The number of anilines is 1. The monoisotopic (exact) mass is 469 g/mol. The maximum atomic E-state index is 12.9. The Hall–Kier alpha value is -4.46. The molecule has 0 spiro atoms. The van der Waals surface area contributed by atoms with Crippen LogP contribution in [0, 0.1) is 13.8 Å². The zero-order chi connectivity index (χ0) is 24.8. The molecule has 0 saturated heterocycles. The Kier molecular flexibility index (Phi) is 7.21. The van der Waals surface area contributed by atoms with Gasteiger partial charge >= 0.3 is 0 Å². The Morgan fingerprint density at radius 3 is 2.43 bits per heavy atom. The van der Waals surface area contributed by atoms with Gasteiger partial charge in [0.2, 0.25) is 5.88 Å². The summed E-state index contributed by atoms with van der Waals surface area (Å²) in [5.74, 6) is 0.203. The van der Waals surface area contributed by atoms with Crippen LogP contribution in [0.15, 0.2) is 72.9 Å². The van der Waals surface area contributed by atoms with Crippen molar-refractivity contribution >= 4 is 17.5 Å². The Morgan fingerprint density at radius 2 is 1.71 bits per heavy atom. The molecule has 4 aromatic rings. The van der Waals surface area contributed by atoms with E-state index in [-0.39, 0.29) is 11.8 Å². The van der Waals surface area contributed by atoms with Crippen molar-refractivity contribution in [1.82, 2.24) is 20.1 Å². The molecule has 0 saturated carbocycles. The van der Waals surface area contributed by atoms with E-state index in [1.165, 1.54) is 0 Å². The molecule has 0 unspecified atom stereocenters. The Labute approximate surface area is 204 Å². The molecule has 2 amide bonds. The van der Waals surface area contributed by atoms with E-state index in [1.54, 1.807) is 37.5 Å². The smallest absolute Gasteiger partial charge is 0.255 e. The number of nitrogens with one attached hydrogen (secondary N) is 2. The average Bonchev–Trinajstić information content (AvgIpc) is 3.15. The second kappa shape index (κ2) is 10.6. The van der Waals surface area contributed by atoms with E-state index >= 15 is 0 Å². The van der Waals surface area contributed by atoms with Crippen LogP contribution in [0.2, 0.25) is 0 Å². The van der Waals surface area contributed by atoms with Crippen molar-refractivity contribution in [3.8, 4) is 5.88 Å². The van der Waals surface area contributed by atoms with Crippen LogP contribution in [0.4, 0.5) is 5.69 Å². The van der Waals surface area contributed by atoms with Crippen molar-refractivity contribution in [2.24, 2.45) is 0 Å². The van der Waals surface area contributed by atoms with E-state index < -0.39 is 0 Å². The van der Waals surface area contributed by atoms with E-state index in [4.69, 9.17) is 4.74 Å². The van der Waals surface area contributed by atoms with Crippen LogP contribution in [-0.4, -0.2) is 33.6 Å². The molecule has 0 aliphatic heterocycles. The average molecular weight is 470 g/mol. The van der Waals surface area contributed by atoms with Crippen LogP contribution in [0.25, 0.3) is 0 Å². The van der Waals surface area contributed by atoms with Crippen molar-refractivity contribution in [2.45, 2.75) is 27.0 Å². The van der Waals surface area contributed by atoms with Crippen LogP contribution in [0.3, 0.4) is 0 Å². The van der Waals surface area contributed by atoms with Crippen molar-refractivity contribution in [2.75, 3.05) is 12.4 Å². The lowest BCUT2D eigenvalue weighted by atomic mass is 10.1. The third-order valence-electron chi connectivity index (χ3n) is 5.61. The van der Waals surface area contributed by atoms with E-state index in [1.807, 2.05) is 61.0 Å². The molecule has 8 heteroatoms. The highest BCUT2D eigenvalue weighted by Crippen LogP contribution is 2.22. The van der Waals surface area contributed by atoms with Gasteiger partial charge in [-0.25, -0.2) is 4.98 Å². The number of aryl methyl sites for hydroxylation is 1. The summed E-state index contributed by atoms with van der Waals surface area (Å²) in [6.45, 7) is 4.62. The first-order valence-corrected chi connectivity index (χ1v) is 11.2. The highest BCUT2D eigenvalue weighted by atomic mass is 16.5. The van der Waals surface area contributed by atoms with Gasteiger partial charge < -0.3 is 15.4 Å². The van der Waals surface area contributed by atoms with Crippen LogP contribution >= 0.6 is 0 Å². The van der Waals surface area contributed by atoms with Crippen molar-refractivity contribution in [3.05, 3.63) is 107 Å². The molecule has 4 rings (SSSR count). The van der Waals surface area contributed by atoms with Crippen molar-refractivity contribution in [3.63, 3.8) is 0 Å². The molecule has 178 valence electrons. The number of benzene rings is 2. The molecule has 0 fully saturated rings. The lowest BCUT2D eigenvalue weighted by molar-refractivity contribution is 0.0962. The van der Waals surface area contributed by atoms with Gasteiger partial charge in [-0.3, -0.25) is 14.3 Å². The molecule has 2 N–H and O–H groups in total. The topological polar surface area (TPSA) is 98.1 Å². The first-order chi connectivity index (χ1) is 16.9. The minimum Gasteiger partial charge on any atom is -0.473 e. The van der Waals surface area contributed by atoms with Crippen molar-refractivity contribution < 1.29 is 14.3 Å². The van der Waals surface area contributed by atoms with Crippen LogP contribution in [-0.2, 0) is 13.2 Å². The minimum atomic E-state index is -0.213. The van der Waals surface area contributed by atoms with Crippen molar-refractivity contribution in [1.29, 1.82) is 0 Å². The normalized spacial score (nSPS) is 10.6. The van der Waals surface area contributed by atoms with E-state index in [2.05, 4.69) is 20.7 Å². The molecular weight excluding hydrogens is 442 g/mol. The standard InChI is InChI=1S/C27H27N5O3/c1-18-25(19(2)32(31-18)16-21-7-6-8-23(15-21)26(33)28-3)30-27(34)22-12-10-20(11-13-22)17-35-24-9-4-5-14-29-24/h4-15H,16-17H2,1-3H3,(H,28,33)(H,30,34). The van der Waals surface area contributed by atoms with Gasteiger partial charge in [0.15, 0.2) is 0 Å². The summed E-state index contributed by atoms with van der Waals surface area (Å²) in [5.41, 5.74) is 5.25.